The van der Waals surface area contributed by atoms with Gasteiger partial charge >= 0.3 is 0 Å². The van der Waals surface area contributed by atoms with Crippen LogP contribution in [0.2, 0.25) is 0 Å². The van der Waals surface area contributed by atoms with Crippen molar-refractivity contribution in [2.45, 2.75) is 0 Å². The minimum absolute atomic E-state index is 1.16. The van der Waals surface area contributed by atoms with Crippen molar-refractivity contribution in [3.63, 3.8) is 0 Å². The lowest BCUT2D eigenvalue weighted by atomic mass is 10.1. The Balaban J connectivity index is 2.54. The molecule has 0 saturated heterocycles. The predicted octanol–water partition coefficient (Wildman–Crippen LogP) is 3.42. The van der Waals surface area contributed by atoms with Crippen LogP contribution in [0.4, 0.5) is 0 Å². The summed E-state index contributed by atoms with van der Waals surface area (Å²) < 4.78 is 0. The van der Waals surface area contributed by atoms with Gasteiger partial charge in [-0.1, -0.05) is 30.8 Å². The van der Waals surface area contributed by atoms with Gasteiger partial charge in [0.2, 0.25) is 0 Å². The standard InChI is InChI=1S/C11H10S/c1-8-10-6-4-3-5-9(10)7-11(8)12-2/h3-7H,1H2,2H3. The predicted molar refractivity (Wildman–Crippen MR) is 57.0 cm³/mol. The summed E-state index contributed by atoms with van der Waals surface area (Å²) in [5.41, 5.74) is 3.74. The second kappa shape index (κ2) is 2.83. The zero-order chi connectivity index (χ0) is 8.55. The quantitative estimate of drug-likeness (QED) is 0.628. The molecule has 0 aromatic heterocycles. The second-order valence-electron chi connectivity index (χ2n) is 2.78. The number of fused-ring (bicyclic) bond motifs is 1. The van der Waals surface area contributed by atoms with Crippen LogP contribution in [0.15, 0.2) is 35.7 Å². The molecule has 0 unspecified atom stereocenters. The number of benzene rings is 1. The summed E-state index contributed by atoms with van der Waals surface area (Å²) in [6, 6.07) is 8.37. The van der Waals surface area contributed by atoms with Crippen molar-refractivity contribution in [3.8, 4) is 0 Å². The van der Waals surface area contributed by atoms with Crippen molar-refractivity contribution >= 4 is 23.4 Å². The molecule has 1 heteroatoms. The Kier molecular flexibility index (Phi) is 1.81. The average molecular weight is 174 g/mol. The van der Waals surface area contributed by atoms with Crippen molar-refractivity contribution in [2.75, 3.05) is 6.26 Å². The summed E-state index contributed by atoms with van der Waals surface area (Å²) in [7, 11) is 0. The fourth-order valence-corrected chi connectivity index (χ4v) is 2.04. The lowest BCUT2D eigenvalue weighted by Crippen LogP contribution is -1.78. The molecule has 1 aromatic rings. The SMILES string of the molecule is C=C1C(SC)=Cc2ccccc21. The van der Waals surface area contributed by atoms with Gasteiger partial charge in [-0.05, 0) is 29.0 Å². The first-order chi connectivity index (χ1) is 5.83. The summed E-state index contributed by atoms with van der Waals surface area (Å²) in [4.78, 5) is 1.29. The molecule has 0 fully saturated rings. The van der Waals surface area contributed by atoms with Crippen LogP contribution in [-0.4, -0.2) is 6.26 Å². The summed E-state index contributed by atoms with van der Waals surface area (Å²) in [5.74, 6) is 0. The zero-order valence-corrected chi connectivity index (χ0v) is 7.82. The van der Waals surface area contributed by atoms with E-state index in [1.54, 1.807) is 11.8 Å². The molecule has 2 rings (SSSR count). The van der Waals surface area contributed by atoms with E-state index in [1.165, 1.54) is 16.0 Å². The molecule has 1 aromatic carbocycles. The van der Waals surface area contributed by atoms with Crippen LogP contribution in [0, 0.1) is 0 Å². The van der Waals surface area contributed by atoms with Gasteiger partial charge in [-0.2, -0.15) is 0 Å². The molecule has 0 saturated carbocycles. The van der Waals surface area contributed by atoms with Gasteiger partial charge in [0.1, 0.15) is 0 Å². The Bertz CT molecular complexity index is 361. The highest BCUT2D eigenvalue weighted by Crippen LogP contribution is 2.38. The third kappa shape index (κ3) is 1.01. The van der Waals surface area contributed by atoms with Crippen molar-refractivity contribution in [2.24, 2.45) is 0 Å². The van der Waals surface area contributed by atoms with Crippen LogP contribution >= 0.6 is 11.8 Å². The number of thioether (sulfide) groups is 1. The molecule has 1 aliphatic rings. The van der Waals surface area contributed by atoms with Crippen LogP contribution < -0.4 is 0 Å². The molecule has 0 heterocycles. The van der Waals surface area contributed by atoms with Gasteiger partial charge in [-0.25, -0.2) is 0 Å². The van der Waals surface area contributed by atoms with Gasteiger partial charge in [-0.3, -0.25) is 0 Å². The van der Waals surface area contributed by atoms with E-state index in [0.717, 1.165) is 5.57 Å². The fraction of sp³-hybridized carbons (Fsp3) is 0.0909. The molecule has 0 radical (unpaired) electrons. The van der Waals surface area contributed by atoms with E-state index in [1.807, 2.05) is 0 Å². The smallest absolute Gasteiger partial charge is 0.0148 e. The van der Waals surface area contributed by atoms with Gasteiger partial charge < -0.3 is 0 Å². The molecule has 0 N–H and O–H groups in total. The highest BCUT2D eigenvalue weighted by molar-refractivity contribution is 8.03. The van der Waals surface area contributed by atoms with Gasteiger partial charge in [0.25, 0.3) is 0 Å². The van der Waals surface area contributed by atoms with Crippen molar-refractivity contribution < 1.29 is 0 Å². The van der Waals surface area contributed by atoms with Crippen LogP contribution in [0.3, 0.4) is 0 Å². The molecular weight excluding hydrogens is 164 g/mol. The van der Waals surface area contributed by atoms with E-state index < -0.39 is 0 Å². The maximum absolute atomic E-state index is 4.06. The van der Waals surface area contributed by atoms with E-state index in [4.69, 9.17) is 0 Å². The summed E-state index contributed by atoms with van der Waals surface area (Å²) >= 11 is 1.76. The molecule has 0 aliphatic heterocycles. The molecule has 0 atom stereocenters. The molecule has 0 spiro atoms. The Morgan fingerprint density at radius 2 is 2.00 bits per heavy atom. The number of rotatable bonds is 1. The number of allylic oxidation sites excluding steroid dienone is 1. The molecule has 12 heavy (non-hydrogen) atoms. The largest absolute Gasteiger partial charge is 0.129 e. The van der Waals surface area contributed by atoms with Gasteiger partial charge in [0.05, 0.1) is 0 Å². The maximum atomic E-state index is 4.06. The van der Waals surface area contributed by atoms with Crippen LogP contribution in [0.1, 0.15) is 11.1 Å². The summed E-state index contributed by atoms with van der Waals surface area (Å²) in [5, 5.41) is 0. The third-order valence-corrected chi connectivity index (χ3v) is 2.89. The second-order valence-corrected chi connectivity index (χ2v) is 3.63. The van der Waals surface area contributed by atoms with Gasteiger partial charge in [0, 0.05) is 4.91 Å². The minimum Gasteiger partial charge on any atom is -0.129 e. The normalized spacial score (nSPS) is 14.4. The van der Waals surface area contributed by atoms with Crippen LogP contribution in [-0.2, 0) is 0 Å². The van der Waals surface area contributed by atoms with Crippen LogP contribution in [0.25, 0.3) is 11.6 Å². The van der Waals surface area contributed by atoms with Crippen LogP contribution in [0.5, 0.6) is 0 Å². The Morgan fingerprint density at radius 3 is 2.67 bits per heavy atom. The number of hydrogen-bond donors (Lipinski definition) is 0. The number of hydrogen-bond acceptors (Lipinski definition) is 1. The molecule has 60 valence electrons. The van der Waals surface area contributed by atoms with E-state index in [-0.39, 0.29) is 0 Å². The Hall–Kier alpha value is -0.950. The first-order valence-corrected chi connectivity index (χ1v) is 5.10. The molecule has 1 aliphatic carbocycles. The molecule has 0 bridgehead atoms. The maximum Gasteiger partial charge on any atom is 0.0148 e. The highest BCUT2D eigenvalue weighted by Gasteiger charge is 2.14. The minimum atomic E-state index is 1.16. The van der Waals surface area contributed by atoms with Gasteiger partial charge in [0.15, 0.2) is 0 Å². The summed E-state index contributed by atoms with van der Waals surface area (Å²) in [6.07, 6.45) is 4.28. The van der Waals surface area contributed by atoms with Crippen molar-refractivity contribution in [1.29, 1.82) is 0 Å². The van der Waals surface area contributed by atoms with Crippen molar-refractivity contribution in [1.82, 2.24) is 0 Å². The topological polar surface area (TPSA) is 0 Å². The Labute approximate surface area is 77.0 Å². The molecule has 0 nitrogen and oxygen atoms in total. The summed E-state index contributed by atoms with van der Waals surface area (Å²) in [6.45, 7) is 4.06. The van der Waals surface area contributed by atoms with E-state index in [9.17, 15) is 0 Å². The lowest BCUT2D eigenvalue weighted by molar-refractivity contribution is 1.62. The zero-order valence-electron chi connectivity index (χ0n) is 7.00. The highest BCUT2D eigenvalue weighted by atomic mass is 32.2. The first kappa shape index (κ1) is 7.69. The first-order valence-electron chi connectivity index (χ1n) is 3.87. The van der Waals surface area contributed by atoms with Gasteiger partial charge in [-0.15, -0.1) is 11.8 Å². The van der Waals surface area contributed by atoms with E-state index >= 15 is 0 Å². The lowest BCUT2D eigenvalue weighted by Gasteiger charge is -2.00. The fourth-order valence-electron chi connectivity index (χ4n) is 1.44. The third-order valence-electron chi connectivity index (χ3n) is 2.09. The van der Waals surface area contributed by atoms with E-state index in [0.29, 0.717) is 0 Å². The average Bonchev–Trinajstić information content (AvgIpc) is 2.44. The van der Waals surface area contributed by atoms with Crippen molar-refractivity contribution in [3.05, 3.63) is 46.9 Å². The monoisotopic (exact) mass is 174 g/mol. The van der Waals surface area contributed by atoms with E-state index in [2.05, 4.69) is 43.2 Å². The Morgan fingerprint density at radius 1 is 1.25 bits per heavy atom. The molecular formula is C11H10S. The molecule has 0 amide bonds.